The zero-order valence-electron chi connectivity index (χ0n) is 13.2. The van der Waals surface area contributed by atoms with Crippen LogP contribution in [0.25, 0.3) is 0 Å². The maximum Gasteiger partial charge on any atom is 0.258 e. The fourth-order valence-electron chi connectivity index (χ4n) is 2.92. The van der Waals surface area contributed by atoms with Crippen molar-refractivity contribution in [1.29, 1.82) is 0 Å². The van der Waals surface area contributed by atoms with Crippen LogP contribution in [0, 0.1) is 6.92 Å². The van der Waals surface area contributed by atoms with Gasteiger partial charge in [0, 0.05) is 19.7 Å². The molecule has 0 saturated carbocycles. The summed E-state index contributed by atoms with van der Waals surface area (Å²) < 4.78 is 12.9. The lowest BCUT2D eigenvalue weighted by atomic mass is 10.1. The standard InChI is InChI=1S/C16H21N3O3/c1-4-21-10-13-9-17-15-11(2)18(6-7-19(13)15)16(20)14-5-8-22-12(14)3/h5,8-9,11H,4,6-7,10H2,1-3H3/t11-/m1/s1. The van der Waals surface area contributed by atoms with Crippen molar-refractivity contribution in [2.45, 2.75) is 40.0 Å². The van der Waals surface area contributed by atoms with Gasteiger partial charge < -0.3 is 18.6 Å². The number of imidazole rings is 1. The molecule has 1 aliphatic rings. The van der Waals surface area contributed by atoms with Gasteiger partial charge in [0.05, 0.1) is 36.4 Å². The second-order valence-electron chi connectivity index (χ2n) is 5.46. The molecule has 1 atom stereocenters. The molecule has 22 heavy (non-hydrogen) atoms. The number of carbonyl (C=O) groups is 1. The molecule has 0 radical (unpaired) electrons. The number of aromatic nitrogens is 2. The van der Waals surface area contributed by atoms with Crippen LogP contribution in [0.3, 0.4) is 0 Å². The van der Waals surface area contributed by atoms with Crippen LogP contribution >= 0.6 is 0 Å². The minimum absolute atomic E-state index is 0.000594. The van der Waals surface area contributed by atoms with Gasteiger partial charge in [0.2, 0.25) is 0 Å². The fraction of sp³-hybridized carbons (Fsp3) is 0.500. The molecule has 0 aliphatic carbocycles. The maximum absolute atomic E-state index is 12.7. The van der Waals surface area contributed by atoms with Gasteiger partial charge in [-0.1, -0.05) is 0 Å². The van der Waals surface area contributed by atoms with Gasteiger partial charge in [0.25, 0.3) is 5.91 Å². The molecule has 0 bridgehead atoms. The van der Waals surface area contributed by atoms with Gasteiger partial charge in [-0.3, -0.25) is 4.79 Å². The van der Waals surface area contributed by atoms with Crippen molar-refractivity contribution in [2.24, 2.45) is 0 Å². The summed E-state index contributed by atoms with van der Waals surface area (Å²) in [6.45, 7) is 8.44. The van der Waals surface area contributed by atoms with Gasteiger partial charge in [0.15, 0.2) is 0 Å². The van der Waals surface area contributed by atoms with Crippen molar-refractivity contribution < 1.29 is 13.9 Å². The first-order valence-corrected chi connectivity index (χ1v) is 7.60. The first kappa shape index (κ1) is 14.8. The van der Waals surface area contributed by atoms with Crippen LogP contribution in [0.1, 0.15) is 47.5 Å². The molecule has 1 amide bonds. The van der Waals surface area contributed by atoms with E-state index in [1.807, 2.05) is 31.9 Å². The highest BCUT2D eigenvalue weighted by Crippen LogP contribution is 2.27. The van der Waals surface area contributed by atoms with Gasteiger partial charge in [-0.05, 0) is 26.8 Å². The molecule has 1 aliphatic heterocycles. The summed E-state index contributed by atoms with van der Waals surface area (Å²) in [6, 6.07) is 1.66. The third kappa shape index (κ3) is 2.43. The van der Waals surface area contributed by atoms with Crippen LogP contribution in [0.5, 0.6) is 0 Å². The van der Waals surface area contributed by atoms with Crippen LogP contribution < -0.4 is 0 Å². The van der Waals surface area contributed by atoms with Crippen molar-refractivity contribution in [3.05, 3.63) is 41.4 Å². The molecule has 0 saturated heterocycles. The zero-order chi connectivity index (χ0) is 15.7. The Balaban J connectivity index is 1.83. The third-order valence-corrected chi connectivity index (χ3v) is 4.18. The fourth-order valence-corrected chi connectivity index (χ4v) is 2.92. The summed E-state index contributed by atoms with van der Waals surface area (Å²) in [7, 11) is 0. The van der Waals surface area contributed by atoms with Crippen LogP contribution in [0.4, 0.5) is 0 Å². The Morgan fingerprint density at radius 3 is 3.00 bits per heavy atom. The number of ether oxygens (including phenoxy) is 1. The molecule has 0 fully saturated rings. The van der Waals surface area contributed by atoms with E-state index in [1.54, 1.807) is 12.3 Å². The monoisotopic (exact) mass is 303 g/mol. The Bertz CT molecular complexity index is 674. The lowest BCUT2D eigenvalue weighted by Crippen LogP contribution is -2.41. The van der Waals surface area contributed by atoms with Crippen LogP contribution in [0.2, 0.25) is 0 Å². The van der Waals surface area contributed by atoms with Crippen molar-refractivity contribution in [3.63, 3.8) is 0 Å². The molecule has 0 N–H and O–H groups in total. The predicted molar refractivity (Wildman–Crippen MR) is 80.5 cm³/mol. The molecular weight excluding hydrogens is 282 g/mol. The van der Waals surface area contributed by atoms with Crippen LogP contribution in [-0.4, -0.2) is 33.5 Å². The molecule has 0 aromatic carbocycles. The molecule has 3 rings (SSSR count). The summed E-state index contributed by atoms with van der Waals surface area (Å²) in [5.41, 5.74) is 1.69. The third-order valence-electron chi connectivity index (χ3n) is 4.18. The predicted octanol–water partition coefficient (Wildman–Crippen LogP) is 2.54. The lowest BCUT2D eigenvalue weighted by molar-refractivity contribution is 0.0628. The zero-order valence-corrected chi connectivity index (χ0v) is 13.2. The minimum atomic E-state index is -0.0640. The lowest BCUT2D eigenvalue weighted by Gasteiger charge is -2.34. The largest absolute Gasteiger partial charge is 0.469 e. The number of nitrogens with zero attached hydrogens (tertiary/aromatic N) is 3. The molecule has 2 aromatic rings. The average molecular weight is 303 g/mol. The normalized spacial score (nSPS) is 17.6. The van der Waals surface area contributed by atoms with E-state index in [0.717, 1.165) is 18.1 Å². The molecule has 2 aromatic heterocycles. The summed E-state index contributed by atoms with van der Waals surface area (Å²) in [5, 5.41) is 0. The second kappa shape index (κ2) is 5.96. The van der Waals surface area contributed by atoms with E-state index in [9.17, 15) is 4.79 Å². The van der Waals surface area contributed by atoms with E-state index >= 15 is 0 Å². The van der Waals surface area contributed by atoms with E-state index in [1.165, 1.54) is 0 Å². The molecule has 0 unspecified atom stereocenters. The van der Waals surface area contributed by atoms with Crippen molar-refractivity contribution in [3.8, 4) is 0 Å². The Kier molecular flexibility index (Phi) is 4.02. The molecule has 118 valence electrons. The number of hydrogen-bond donors (Lipinski definition) is 0. The molecule has 6 nitrogen and oxygen atoms in total. The summed E-state index contributed by atoms with van der Waals surface area (Å²) in [6.07, 6.45) is 3.40. The van der Waals surface area contributed by atoms with E-state index < -0.39 is 0 Å². The number of amides is 1. The Labute approximate surface area is 129 Å². The Hall–Kier alpha value is -2.08. The van der Waals surface area contributed by atoms with Gasteiger partial charge in [-0.15, -0.1) is 0 Å². The first-order valence-electron chi connectivity index (χ1n) is 7.60. The number of aryl methyl sites for hydroxylation is 1. The highest BCUT2D eigenvalue weighted by molar-refractivity contribution is 5.95. The van der Waals surface area contributed by atoms with Gasteiger partial charge in [0.1, 0.15) is 11.6 Å². The number of furan rings is 1. The van der Waals surface area contributed by atoms with E-state index in [2.05, 4.69) is 9.55 Å². The van der Waals surface area contributed by atoms with E-state index in [4.69, 9.17) is 9.15 Å². The summed E-state index contributed by atoms with van der Waals surface area (Å²) >= 11 is 0. The van der Waals surface area contributed by atoms with Crippen LogP contribution in [-0.2, 0) is 17.9 Å². The Morgan fingerprint density at radius 1 is 1.50 bits per heavy atom. The van der Waals surface area contributed by atoms with Crippen LogP contribution in [0.15, 0.2) is 22.9 Å². The molecule has 0 spiro atoms. The average Bonchev–Trinajstić information content (AvgIpc) is 3.11. The Morgan fingerprint density at radius 2 is 2.32 bits per heavy atom. The number of hydrogen-bond acceptors (Lipinski definition) is 4. The van der Waals surface area contributed by atoms with E-state index in [-0.39, 0.29) is 11.9 Å². The minimum Gasteiger partial charge on any atom is -0.469 e. The second-order valence-corrected chi connectivity index (χ2v) is 5.46. The first-order chi connectivity index (χ1) is 10.6. The number of fused-ring (bicyclic) bond motifs is 1. The number of rotatable bonds is 4. The smallest absolute Gasteiger partial charge is 0.258 e. The SMILES string of the molecule is CCOCc1cnc2n1CCN(C(=O)c1ccoc1C)[C@@H]2C. The highest BCUT2D eigenvalue weighted by atomic mass is 16.5. The molecule has 3 heterocycles. The molecule has 6 heteroatoms. The summed E-state index contributed by atoms with van der Waals surface area (Å²) in [5.74, 6) is 1.57. The quantitative estimate of drug-likeness (QED) is 0.871. The van der Waals surface area contributed by atoms with Gasteiger partial charge in [-0.2, -0.15) is 0 Å². The number of carbonyl (C=O) groups excluding carboxylic acids is 1. The highest BCUT2D eigenvalue weighted by Gasteiger charge is 2.31. The van der Waals surface area contributed by atoms with Crippen molar-refractivity contribution >= 4 is 5.91 Å². The molecular formula is C16H21N3O3. The maximum atomic E-state index is 12.7. The van der Waals surface area contributed by atoms with E-state index in [0.29, 0.717) is 31.1 Å². The van der Waals surface area contributed by atoms with Gasteiger partial charge >= 0.3 is 0 Å². The topological polar surface area (TPSA) is 60.5 Å². The van der Waals surface area contributed by atoms with Gasteiger partial charge in [-0.25, -0.2) is 4.98 Å². The van der Waals surface area contributed by atoms with Crippen molar-refractivity contribution in [2.75, 3.05) is 13.2 Å². The van der Waals surface area contributed by atoms with Crippen molar-refractivity contribution in [1.82, 2.24) is 14.5 Å². The summed E-state index contributed by atoms with van der Waals surface area (Å²) in [4.78, 5) is 19.0.